The van der Waals surface area contributed by atoms with Crippen molar-refractivity contribution in [3.63, 3.8) is 0 Å². The van der Waals surface area contributed by atoms with Gasteiger partial charge in [0.25, 0.3) is 0 Å². The molecule has 2 N–H and O–H groups in total. The Hall–Kier alpha value is -1.09. The molecule has 0 bridgehead atoms. The summed E-state index contributed by atoms with van der Waals surface area (Å²) in [5, 5.41) is 12.6. The lowest BCUT2D eigenvalue weighted by molar-refractivity contribution is 0.171. The first-order valence-corrected chi connectivity index (χ1v) is 4.96. The van der Waals surface area contributed by atoms with Gasteiger partial charge in [-0.05, 0) is 31.4 Å². The molecule has 2 unspecified atom stereocenters. The summed E-state index contributed by atoms with van der Waals surface area (Å²) in [6, 6.07) is 6.56. The van der Waals surface area contributed by atoms with E-state index in [9.17, 15) is 9.50 Å². The predicted octanol–water partition coefficient (Wildman–Crippen LogP) is 2.15. The van der Waals surface area contributed by atoms with Gasteiger partial charge in [0.1, 0.15) is 5.82 Å². The SMILES string of the molecule is OC1CCCC1Nc1ccccc1F. The number of para-hydroxylation sites is 1. The molecule has 0 amide bonds. The molecule has 1 aliphatic carbocycles. The van der Waals surface area contributed by atoms with Crippen LogP contribution in [0.3, 0.4) is 0 Å². The van der Waals surface area contributed by atoms with E-state index in [2.05, 4.69) is 5.32 Å². The molecule has 0 aliphatic heterocycles. The number of hydrogen-bond acceptors (Lipinski definition) is 2. The van der Waals surface area contributed by atoms with E-state index in [0.717, 1.165) is 19.3 Å². The van der Waals surface area contributed by atoms with Gasteiger partial charge in [0.15, 0.2) is 0 Å². The molecule has 0 saturated heterocycles. The Morgan fingerprint density at radius 3 is 2.71 bits per heavy atom. The molecule has 76 valence electrons. The summed E-state index contributed by atoms with van der Waals surface area (Å²) in [5.74, 6) is -0.258. The number of halogens is 1. The summed E-state index contributed by atoms with van der Waals surface area (Å²) in [6.45, 7) is 0. The van der Waals surface area contributed by atoms with Crippen molar-refractivity contribution in [2.75, 3.05) is 5.32 Å². The highest BCUT2D eigenvalue weighted by Gasteiger charge is 2.25. The molecule has 1 fully saturated rings. The molecule has 0 radical (unpaired) electrons. The van der Waals surface area contributed by atoms with Crippen molar-refractivity contribution >= 4 is 5.69 Å². The molecule has 0 spiro atoms. The fourth-order valence-electron chi connectivity index (χ4n) is 1.89. The number of nitrogens with one attached hydrogen (secondary N) is 1. The molecular weight excluding hydrogens is 181 g/mol. The standard InChI is InChI=1S/C11H14FNO/c12-8-4-1-2-5-9(8)13-10-6-3-7-11(10)14/h1-2,4-5,10-11,13-14H,3,6-7H2. The van der Waals surface area contributed by atoms with E-state index in [1.165, 1.54) is 6.07 Å². The highest BCUT2D eigenvalue weighted by atomic mass is 19.1. The average molecular weight is 195 g/mol. The van der Waals surface area contributed by atoms with Crippen LogP contribution in [0.2, 0.25) is 0 Å². The number of anilines is 1. The maximum absolute atomic E-state index is 13.2. The highest BCUT2D eigenvalue weighted by molar-refractivity contribution is 5.45. The maximum Gasteiger partial charge on any atom is 0.146 e. The lowest BCUT2D eigenvalue weighted by Crippen LogP contribution is -2.28. The van der Waals surface area contributed by atoms with E-state index >= 15 is 0 Å². The van der Waals surface area contributed by atoms with Crippen LogP contribution in [0, 0.1) is 5.82 Å². The maximum atomic E-state index is 13.2. The lowest BCUT2D eigenvalue weighted by Gasteiger charge is -2.17. The fraction of sp³-hybridized carbons (Fsp3) is 0.455. The molecule has 1 saturated carbocycles. The van der Waals surface area contributed by atoms with Crippen molar-refractivity contribution in [1.82, 2.24) is 0 Å². The minimum absolute atomic E-state index is 0.00639. The number of benzene rings is 1. The molecule has 2 atom stereocenters. The predicted molar refractivity (Wildman–Crippen MR) is 53.7 cm³/mol. The second-order valence-corrected chi connectivity index (χ2v) is 3.73. The van der Waals surface area contributed by atoms with Crippen molar-refractivity contribution < 1.29 is 9.50 Å². The van der Waals surface area contributed by atoms with E-state index in [0.29, 0.717) is 5.69 Å². The van der Waals surface area contributed by atoms with Gasteiger partial charge in [-0.15, -0.1) is 0 Å². The van der Waals surface area contributed by atoms with Crippen molar-refractivity contribution in [1.29, 1.82) is 0 Å². The first-order valence-electron chi connectivity index (χ1n) is 4.96. The van der Waals surface area contributed by atoms with Gasteiger partial charge in [0.05, 0.1) is 17.8 Å². The van der Waals surface area contributed by atoms with E-state index in [-0.39, 0.29) is 18.0 Å². The highest BCUT2D eigenvalue weighted by Crippen LogP contribution is 2.24. The summed E-state index contributed by atoms with van der Waals surface area (Å²) >= 11 is 0. The summed E-state index contributed by atoms with van der Waals surface area (Å²) in [5.41, 5.74) is 0.485. The third kappa shape index (κ3) is 1.87. The van der Waals surface area contributed by atoms with Gasteiger partial charge in [-0.1, -0.05) is 12.1 Å². The zero-order chi connectivity index (χ0) is 9.97. The van der Waals surface area contributed by atoms with E-state index in [4.69, 9.17) is 0 Å². The third-order valence-corrected chi connectivity index (χ3v) is 2.69. The summed E-state index contributed by atoms with van der Waals surface area (Å²) < 4.78 is 13.2. The molecule has 2 rings (SSSR count). The Morgan fingerprint density at radius 1 is 1.29 bits per heavy atom. The van der Waals surface area contributed by atoms with Gasteiger partial charge in [-0.25, -0.2) is 4.39 Å². The van der Waals surface area contributed by atoms with Crippen molar-refractivity contribution in [3.05, 3.63) is 30.1 Å². The Balaban J connectivity index is 2.07. The second kappa shape index (κ2) is 3.96. The van der Waals surface area contributed by atoms with E-state index in [1.807, 2.05) is 0 Å². The van der Waals surface area contributed by atoms with Gasteiger partial charge in [-0.2, -0.15) is 0 Å². The van der Waals surface area contributed by atoms with E-state index in [1.54, 1.807) is 18.2 Å². The molecule has 1 aromatic rings. The topological polar surface area (TPSA) is 32.3 Å². The third-order valence-electron chi connectivity index (χ3n) is 2.69. The van der Waals surface area contributed by atoms with Crippen molar-refractivity contribution in [2.45, 2.75) is 31.4 Å². The van der Waals surface area contributed by atoms with Crippen LogP contribution < -0.4 is 5.32 Å². The Kier molecular flexibility index (Phi) is 2.68. The summed E-state index contributed by atoms with van der Waals surface area (Å²) in [6.07, 6.45) is 2.39. The molecule has 3 heteroatoms. The molecule has 0 aromatic heterocycles. The normalized spacial score (nSPS) is 26.4. The van der Waals surface area contributed by atoms with Crippen LogP contribution in [0.1, 0.15) is 19.3 Å². The minimum Gasteiger partial charge on any atom is -0.391 e. The Bertz CT molecular complexity index is 316. The van der Waals surface area contributed by atoms with Gasteiger partial charge in [0.2, 0.25) is 0 Å². The number of aliphatic hydroxyl groups excluding tert-OH is 1. The van der Waals surface area contributed by atoms with Crippen LogP contribution in [-0.4, -0.2) is 17.3 Å². The van der Waals surface area contributed by atoms with Crippen LogP contribution >= 0.6 is 0 Å². The molecular formula is C11H14FNO. The first kappa shape index (κ1) is 9.46. The summed E-state index contributed by atoms with van der Waals surface area (Å²) in [7, 11) is 0. The molecule has 1 aromatic carbocycles. The monoisotopic (exact) mass is 195 g/mol. The fourth-order valence-corrected chi connectivity index (χ4v) is 1.89. The molecule has 2 nitrogen and oxygen atoms in total. The van der Waals surface area contributed by atoms with Crippen LogP contribution in [0.15, 0.2) is 24.3 Å². The number of rotatable bonds is 2. The van der Waals surface area contributed by atoms with Crippen LogP contribution in [0.5, 0.6) is 0 Å². The Morgan fingerprint density at radius 2 is 2.07 bits per heavy atom. The minimum atomic E-state index is -0.338. The smallest absolute Gasteiger partial charge is 0.146 e. The van der Waals surface area contributed by atoms with Crippen LogP contribution in [-0.2, 0) is 0 Å². The van der Waals surface area contributed by atoms with E-state index < -0.39 is 0 Å². The summed E-state index contributed by atoms with van der Waals surface area (Å²) in [4.78, 5) is 0. The van der Waals surface area contributed by atoms with Gasteiger partial charge < -0.3 is 10.4 Å². The van der Waals surface area contributed by atoms with Crippen molar-refractivity contribution in [2.24, 2.45) is 0 Å². The second-order valence-electron chi connectivity index (χ2n) is 3.73. The molecule has 14 heavy (non-hydrogen) atoms. The number of aliphatic hydroxyl groups is 1. The molecule has 0 heterocycles. The number of hydrogen-bond donors (Lipinski definition) is 2. The van der Waals surface area contributed by atoms with Crippen molar-refractivity contribution in [3.8, 4) is 0 Å². The zero-order valence-electron chi connectivity index (χ0n) is 7.91. The zero-order valence-corrected chi connectivity index (χ0v) is 7.91. The lowest BCUT2D eigenvalue weighted by atomic mass is 10.2. The Labute approximate surface area is 82.8 Å². The average Bonchev–Trinajstić information content (AvgIpc) is 2.56. The van der Waals surface area contributed by atoms with Gasteiger partial charge in [-0.3, -0.25) is 0 Å². The quantitative estimate of drug-likeness (QED) is 0.757. The first-order chi connectivity index (χ1) is 6.77. The largest absolute Gasteiger partial charge is 0.391 e. The van der Waals surface area contributed by atoms with Crippen LogP contribution in [0.4, 0.5) is 10.1 Å². The van der Waals surface area contributed by atoms with Gasteiger partial charge in [0, 0.05) is 0 Å². The van der Waals surface area contributed by atoms with Crippen LogP contribution in [0.25, 0.3) is 0 Å². The van der Waals surface area contributed by atoms with Gasteiger partial charge >= 0.3 is 0 Å². The molecule has 1 aliphatic rings.